The molecule has 0 spiro atoms. The lowest BCUT2D eigenvalue weighted by Gasteiger charge is -2.44. The highest BCUT2D eigenvalue weighted by Gasteiger charge is 2.45. The Balaban J connectivity index is 1.58. The van der Waals surface area contributed by atoms with Crippen LogP contribution in [0.15, 0.2) is 60.7 Å². The van der Waals surface area contributed by atoms with E-state index in [9.17, 15) is 30.7 Å². The molecule has 0 saturated heterocycles. The highest BCUT2D eigenvalue weighted by atomic mass is 19.4. The maximum atomic E-state index is 13.5. The maximum Gasteiger partial charge on any atom is 0.416 e. The van der Waals surface area contributed by atoms with E-state index >= 15 is 0 Å². The maximum absolute atomic E-state index is 13.5. The van der Waals surface area contributed by atoms with Gasteiger partial charge in [0.2, 0.25) is 0 Å². The lowest BCUT2D eigenvalue weighted by atomic mass is 9.87. The minimum atomic E-state index is -4.97. The van der Waals surface area contributed by atoms with Gasteiger partial charge in [0.15, 0.2) is 0 Å². The normalized spacial score (nSPS) is 18.8. The minimum absolute atomic E-state index is 0.0731. The summed E-state index contributed by atoms with van der Waals surface area (Å²) in [5, 5.41) is 3.19. The minimum Gasteiger partial charge on any atom is -0.485 e. The lowest BCUT2D eigenvalue weighted by molar-refractivity contribution is -0.159. The molecule has 0 amide bonds. The Morgan fingerprint density at radius 1 is 0.872 bits per heavy atom. The number of anilines is 1. The molecule has 1 aliphatic heterocycles. The first kappa shape index (κ1) is 28.7. The number of nitrogens with one attached hydrogen (secondary N) is 1. The van der Waals surface area contributed by atoms with Crippen LogP contribution in [-0.4, -0.2) is 18.8 Å². The van der Waals surface area contributed by atoms with Crippen LogP contribution in [-0.2, 0) is 35.0 Å². The molecular weight excluding hydrogens is 531 g/mol. The number of methoxy groups -OCH3 is 1. The highest BCUT2D eigenvalue weighted by Crippen LogP contribution is 2.44. The molecule has 11 heteroatoms. The predicted molar refractivity (Wildman–Crippen MR) is 130 cm³/mol. The molecule has 0 bridgehead atoms. The molecule has 39 heavy (non-hydrogen) atoms. The van der Waals surface area contributed by atoms with E-state index in [1.54, 1.807) is 44.2 Å². The van der Waals surface area contributed by atoms with Gasteiger partial charge in [-0.2, -0.15) is 26.3 Å². The summed E-state index contributed by atoms with van der Waals surface area (Å²) < 4.78 is 111. The second kappa shape index (κ2) is 10.7. The molecule has 2 atom stereocenters. The first-order valence-corrected chi connectivity index (χ1v) is 11.9. The second-order valence-corrected chi connectivity index (χ2v) is 9.74. The van der Waals surface area contributed by atoms with Gasteiger partial charge < -0.3 is 19.5 Å². The summed E-state index contributed by atoms with van der Waals surface area (Å²) in [4.78, 5) is 0. The summed E-state index contributed by atoms with van der Waals surface area (Å²) in [6.07, 6.45) is -11.6. The molecule has 4 rings (SSSR count). The highest BCUT2D eigenvalue weighted by molar-refractivity contribution is 5.54. The Bertz CT molecular complexity index is 1290. The number of alkyl halides is 6. The Morgan fingerprint density at radius 3 is 2.13 bits per heavy atom. The summed E-state index contributed by atoms with van der Waals surface area (Å²) in [5.41, 5.74) is -2.22. The van der Waals surface area contributed by atoms with Gasteiger partial charge in [0, 0.05) is 24.9 Å². The number of hydrogen-bond acceptors (Lipinski definition) is 4. The van der Waals surface area contributed by atoms with Crippen molar-refractivity contribution in [1.82, 2.24) is 0 Å². The van der Waals surface area contributed by atoms with Gasteiger partial charge in [-0.1, -0.05) is 12.1 Å². The summed E-state index contributed by atoms with van der Waals surface area (Å²) >= 11 is 0. The Morgan fingerprint density at radius 2 is 1.54 bits per heavy atom. The second-order valence-electron chi connectivity index (χ2n) is 9.74. The third-order valence-electron chi connectivity index (χ3n) is 6.37. The fourth-order valence-electron chi connectivity index (χ4n) is 4.52. The van der Waals surface area contributed by atoms with Gasteiger partial charge in [0.05, 0.1) is 17.7 Å². The Labute approximate surface area is 220 Å². The molecule has 2 unspecified atom stereocenters. The van der Waals surface area contributed by atoms with E-state index in [2.05, 4.69) is 5.32 Å². The third-order valence-corrected chi connectivity index (χ3v) is 6.37. The molecule has 1 N–H and O–H groups in total. The van der Waals surface area contributed by atoms with Crippen molar-refractivity contribution >= 4 is 5.69 Å². The van der Waals surface area contributed by atoms with Gasteiger partial charge in [-0.15, -0.1) is 0 Å². The van der Waals surface area contributed by atoms with Crippen LogP contribution in [0.25, 0.3) is 0 Å². The van der Waals surface area contributed by atoms with Gasteiger partial charge >= 0.3 is 12.4 Å². The molecule has 0 aromatic heterocycles. The number of halogens is 7. The number of rotatable bonds is 7. The summed E-state index contributed by atoms with van der Waals surface area (Å²) in [5.74, 6) is 0.124. The topological polar surface area (TPSA) is 39.7 Å². The van der Waals surface area contributed by atoms with E-state index in [1.165, 1.54) is 19.2 Å². The molecule has 0 saturated carbocycles. The Hall–Kier alpha value is -3.31. The first-order valence-electron chi connectivity index (χ1n) is 11.9. The third kappa shape index (κ3) is 6.65. The van der Waals surface area contributed by atoms with E-state index in [0.29, 0.717) is 41.2 Å². The SMILES string of the molecule is COC1c2cc(NCc3cccc(F)c3)ccc2OC(C)(C)C1OCc1cc(C(F)(F)F)cc(C(F)(F)F)c1. The van der Waals surface area contributed by atoms with Crippen LogP contribution in [0.1, 0.15) is 47.8 Å². The number of benzene rings is 3. The van der Waals surface area contributed by atoms with Crippen LogP contribution in [0.4, 0.5) is 36.4 Å². The van der Waals surface area contributed by atoms with Crippen molar-refractivity contribution in [3.8, 4) is 5.75 Å². The zero-order valence-electron chi connectivity index (χ0n) is 21.2. The molecule has 4 nitrogen and oxygen atoms in total. The lowest BCUT2D eigenvalue weighted by Crippen LogP contribution is -2.50. The molecule has 3 aromatic rings. The molecule has 0 aliphatic carbocycles. The van der Waals surface area contributed by atoms with Crippen LogP contribution < -0.4 is 10.1 Å². The fourth-order valence-corrected chi connectivity index (χ4v) is 4.52. The van der Waals surface area contributed by atoms with Crippen molar-refractivity contribution < 1.29 is 44.9 Å². The smallest absolute Gasteiger partial charge is 0.416 e. The van der Waals surface area contributed by atoms with Gasteiger partial charge in [0.1, 0.15) is 29.4 Å². The molecular formula is C28H26F7NO3. The quantitative estimate of drug-likeness (QED) is 0.300. The van der Waals surface area contributed by atoms with Crippen LogP contribution >= 0.6 is 0 Å². The van der Waals surface area contributed by atoms with E-state index in [1.807, 2.05) is 0 Å². The monoisotopic (exact) mass is 557 g/mol. The van der Waals surface area contributed by atoms with E-state index < -0.39 is 47.9 Å². The molecule has 1 heterocycles. The van der Waals surface area contributed by atoms with Crippen molar-refractivity contribution in [3.05, 3.63) is 94.3 Å². The van der Waals surface area contributed by atoms with Crippen LogP contribution in [0.2, 0.25) is 0 Å². The van der Waals surface area contributed by atoms with Crippen molar-refractivity contribution in [1.29, 1.82) is 0 Å². The molecule has 1 aliphatic rings. The van der Waals surface area contributed by atoms with Crippen LogP contribution in [0.5, 0.6) is 5.75 Å². The standard InChI is InChI=1S/C28H26F7NO3/c1-26(2)25(38-15-17-9-18(27(30,31)32)12-19(10-17)28(33,34)35)24(37-3)22-13-21(7-8-23(22)39-26)36-14-16-5-4-6-20(29)11-16/h4-13,24-25,36H,14-15H2,1-3H3. The van der Waals surface area contributed by atoms with Gasteiger partial charge in [-0.25, -0.2) is 4.39 Å². The molecule has 3 aromatic carbocycles. The van der Waals surface area contributed by atoms with Crippen molar-refractivity contribution in [3.63, 3.8) is 0 Å². The number of fused-ring (bicyclic) bond motifs is 1. The molecule has 0 fully saturated rings. The van der Waals surface area contributed by atoms with Gasteiger partial charge in [0.25, 0.3) is 0 Å². The fraction of sp³-hybridized carbons (Fsp3) is 0.357. The average Bonchev–Trinajstić information content (AvgIpc) is 2.84. The van der Waals surface area contributed by atoms with Crippen molar-refractivity contribution in [2.24, 2.45) is 0 Å². The summed E-state index contributed by atoms with van der Waals surface area (Å²) in [7, 11) is 1.42. The largest absolute Gasteiger partial charge is 0.485 e. The predicted octanol–water partition coefficient (Wildman–Crippen LogP) is 7.92. The zero-order chi connectivity index (χ0) is 28.6. The summed E-state index contributed by atoms with van der Waals surface area (Å²) in [6, 6.07) is 12.7. The van der Waals surface area contributed by atoms with Crippen molar-refractivity contribution in [2.75, 3.05) is 12.4 Å². The van der Waals surface area contributed by atoms with Crippen molar-refractivity contribution in [2.45, 2.75) is 57.2 Å². The number of hydrogen-bond donors (Lipinski definition) is 1. The van der Waals surface area contributed by atoms with Crippen LogP contribution in [0, 0.1) is 5.82 Å². The molecule has 210 valence electrons. The van der Waals surface area contributed by atoms with E-state index in [4.69, 9.17) is 14.2 Å². The van der Waals surface area contributed by atoms with E-state index in [-0.39, 0.29) is 17.4 Å². The first-order chi connectivity index (χ1) is 18.2. The number of ether oxygens (including phenoxy) is 3. The Kier molecular flexibility index (Phi) is 7.86. The summed E-state index contributed by atoms with van der Waals surface area (Å²) in [6.45, 7) is 3.17. The van der Waals surface area contributed by atoms with Gasteiger partial charge in [-0.05, 0) is 73.5 Å². The van der Waals surface area contributed by atoms with Gasteiger partial charge in [-0.3, -0.25) is 0 Å². The van der Waals surface area contributed by atoms with E-state index in [0.717, 1.165) is 0 Å². The zero-order valence-corrected chi connectivity index (χ0v) is 21.2. The average molecular weight is 558 g/mol. The molecule has 0 radical (unpaired) electrons. The van der Waals surface area contributed by atoms with Crippen LogP contribution in [0.3, 0.4) is 0 Å².